The number of hydrogen-bond donors (Lipinski definition) is 1. The quantitative estimate of drug-likeness (QED) is 0.315. The van der Waals surface area contributed by atoms with E-state index in [2.05, 4.69) is 5.32 Å². The molecule has 1 N–H and O–H groups in total. The lowest BCUT2D eigenvalue weighted by atomic mass is 9.94. The van der Waals surface area contributed by atoms with Gasteiger partial charge in [-0.15, -0.1) is 0 Å². The molecule has 1 aliphatic heterocycles. The van der Waals surface area contributed by atoms with Crippen molar-refractivity contribution in [1.29, 1.82) is 0 Å². The van der Waals surface area contributed by atoms with Crippen LogP contribution in [0.25, 0.3) is 0 Å². The Kier molecular flexibility index (Phi) is 10.4. The lowest BCUT2D eigenvalue weighted by Crippen LogP contribution is -2.55. The van der Waals surface area contributed by atoms with Gasteiger partial charge in [-0.25, -0.2) is 8.42 Å². The molecule has 1 fully saturated rings. The van der Waals surface area contributed by atoms with Gasteiger partial charge in [0.1, 0.15) is 25.8 Å². The van der Waals surface area contributed by atoms with Crippen molar-refractivity contribution in [3.8, 4) is 11.5 Å². The maximum absolute atomic E-state index is 14.4. The molecule has 2 amide bonds. The first-order chi connectivity index (χ1) is 21.3. The smallest absolute Gasteiger partial charge is 0.244 e. The van der Waals surface area contributed by atoms with Gasteiger partial charge in [0, 0.05) is 25.1 Å². The van der Waals surface area contributed by atoms with Gasteiger partial charge in [0.25, 0.3) is 0 Å². The van der Waals surface area contributed by atoms with Crippen LogP contribution in [0.5, 0.6) is 11.5 Å². The third kappa shape index (κ3) is 7.91. The fourth-order valence-corrected chi connectivity index (χ4v) is 6.84. The molecule has 3 aromatic carbocycles. The van der Waals surface area contributed by atoms with Gasteiger partial charge < -0.3 is 19.7 Å². The summed E-state index contributed by atoms with van der Waals surface area (Å²) in [4.78, 5) is 30.0. The van der Waals surface area contributed by atoms with E-state index >= 15 is 0 Å². The van der Waals surface area contributed by atoms with Crippen LogP contribution in [0.15, 0.2) is 78.9 Å². The molecule has 3 aromatic rings. The van der Waals surface area contributed by atoms with Gasteiger partial charge in [0.2, 0.25) is 21.8 Å². The molecule has 2 aliphatic rings. The summed E-state index contributed by atoms with van der Waals surface area (Å²) < 4.78 is 39.3. The van der Waals surface area contributed by atoms with E-state index in [1.165, 1.54) is 4.90 Å². The number of benzene rings is 3. The molecule has 0 saturated heterocycles. The Morgan fingerprint density at radius 2 is 1.50 bits per heavy atom. The number of sulfonamides is 1. The number of nitrogens with one attached hydrogen (secondary N) is 1. The molecule has 0 aromatic heterocycles. The van der Waals surface area contributed by atoms with E-state index in [9.17, 15) is 18.0 Å². The number of rotatable bonds is 12. The zero-order valence-corrected chi connectivity index (χ0v) is 26.0. The van der Waals surface area contributed by atoms with Crippen LogP contribution in [0.2, 0.25) is 0 Å². The summed E-state index contributed by atoms with van der Waals surface area (Å²) >= 11 is 0. The van der Waals surface area contributed by atoms with Crippen LogP contribution in [-0.2, 0) is 32.6 Å². The third-order valence-electron chi connectivity index (χ3n) is 8.21. The molecule has 1 saturated carbocycles. The summed E-state index contributed by atoms with van der Waals surface area (Å²) in [7, 11) is -3.88. The lowest BCUT2D eigenvalue weighted by Gasteiger charge is -2.35. The number of fused-ring (bicyclic) bond motifs is 1. The van der Waals surface area contributed by atoms with Crippen LogP contribution >= 0.6 is 0 Å². The predicted molar refractivity (Wildman–Crippen MR) is 170 cm³/mol. The molecule has 0 radical (unpaired) electrons. The Hall–Kier alpha value is -4.05. The van der Waals surface area contributed by atoms with Crippen LogP contribution in [0.3, 0.4) is 0 Å². The second-order valence-electron chi connectivity index (χ2n) is 11.3. The van der Waals surface area contributed by atoms with Gasteiger partial charge in [0.05, 0.1) is 11.4 Å². The van der Waals surface area contributed by atoms with Gasteiger partial charge >= 0.3 is 0 Å². The van der Waals surface area contributed by atoms with Crippen molar-refractivity contribution in [2.45, 2.75) is 64.1 Å². The Labute approximate surface area is 260 Å². The third-order valence-corrected chi connectivity index (χ3v) is 9.95. The Balaban J connectivity index is 1.50. The summed E-state index contributed by atoms with van der Waals surface area (Å²) in [5.41, 5.74) is 2.05. The van der Waals surface area contributed by atoms with E-state index in [1.54, 1.807) is 25.1 Å². The number of nitrogens with zero attached hydrogens (tertiary/aromatic N) is 2. The molecule has 0 bridgehead atoms. The summed E-state index contributed by atoms with van der Waals surface area (Å²) in [5, 5.41) is 3.23. The Bertz CT molecular complexity index is 1510. The molecule has 9 nitrogen and oxygen atoms in total. The summed E-state index contributed by atoms with van der Waals surface area (Å²) in [6, 6.07) is 23.1. The maximum Gasteiger partial charge on any atom is 0.244 e. The second-order valence-corrected chi connectivity index (χ2v) is 13.5. The minimum absolute atomic E-state index is 0.0536. The molecule has 10 heteroatoms. The van der Waals surface area contributed by atoms with E-state index in [-0.39, 0.29) is 24.2 Å². The number of anilines is 1. The number of carbonyl (C=O) groups is 2. The van der Waals surface area contributed by atoms with Crippen LogP contribution in [0.1, 0.15) is 50.2 Å². The zero-order valence-electron chi connectivity index (χ0n) is 25.2. The largest absolute Gasteiger partial charge is 0.486 e. The van der Waals surface area contributed by atoms with Crippen LogP contribution < -0.4 is 19.1 Å². The highest BCUT2D eigenvalue weighted by atomic mass is 32.2. The number of amides is 2. The molecular weight excluding hydrogens is 578 g/mol. The molecule has 44 heavy (non-hydrogen) atoms. The minimum Gasteiger partial charge on any atom is -0.486 e. The number of ether oxygens (including phenoxy) is 2. The molecule has 234 valence electrons. The standard InChI is InChI=1S/C34H41N3O6S/c1-2-44(40,41)37(29-18-19-31-32(23-29)43-21-20-42-31)25-33(38)36(24-27-14-8-4-9-15-27)30(22-26-12-6-3-7-13-26)34(39)35-28-16-10-5-11-17-28/h3-4,6-9,12-15,18-19,23,28,30H,2,5,10-11,16-17,20-22,24-25H2,1H3,(H,35,39). The second kappa shape index (κ2) is 14.6. The van der Waals surface area contributed by atoms with Gasteiger partial charge in [-0.3, -0.25) is 13.9 Å². The number of hydrogen-bond acceptors (Lipinski definition) is 6. The van der Waals surface area contributed by atoms with Crippen LogP contribution in [0.4, 0.5) is 5.69 Å². The van der Waals surface area contributed by atoms with Gasteiger partial charge in [-0.2, -0.15) is 0 Å². The minimum atomic E-state index is -3.88. The Morgan fingerprint density at radius 3 is 2.16 bits per heavy atom. The molecular formula is C34H41N3O6S. The molecule has 0 spiro atoms. The first-order valence-electron chi connectivity index (χ1n) is 15.4. The van der Waals surface area contributed by atoms with E-state index in [0.29, 0.717) is 36.8 Å². The predicted octanol–water partition coefficient (Wildman–Crippen LogP) is 4.70. The average molecular weight is 620 g/mol. The van der Waals surface area contributed by atoms with E-state index in [1.807, 2.05) is 60.7 Å². The summed E-state index contributed by atoms with van der Waals surface area (Å²) in [6.45, 7) is 1.98. The molecule has 1 aliphatic carbocycles. The van der Waals surface area contributed by atoms with Gasteiger partial charge in [-0.05, 0) is 43.0 Å². The van der Waals surface area contributed by atoms with Gasteiger partial charge in [0.15, 0.2) is 11.5 Å². The monoisotopic (exact) mass is 619 g/mol. The molecule has 1 unspecified atom stereocenters. The average Bonchev–Trinajstić information content (AvgIpc) is 3.06. The van der Waals surface area contributed by atoms with Crippen molar-refractivity contribution in [2.24, 2.45) is 0 Å². The molecule has 5 rings (SSSR count). The van der Waals surface area contributed by atoms with Crippen LogP contribution in [-0.4, -0.2) is 62.7 Å². The van der Waals surface area contributed by atoms with Gasteiger partial charge in [-0.1, -0.05) is 79.9 Å². The van der Waals surface area contributed by atoms with Crippen LogP contribution in [0, 0.1) is 0 Å². The summed E-state index contributed by atoms with van der Waals surface area (Å²) in [5.74, 6) is 0.0404. The van der Waals surface area contributed by atoms with Crippen molar-refractivity contribution in [2.75, 3.05) is 29.8 Å². The van der Waals surface area contributed by atoms with E-state index < -0.39 is 28.5 Å². The van der Waals surface area contributed by atoms with Crippen molar-refractivity contribution >= 4 is 27.5 Å². The zero-order chi connectivity index (χ0) is 30.9. The lowest BCUT2D eigenvalue weighted by molar-refractivity contribution is -0.140. The topological polar surface area (TPSA) is 105 Å². The van der Waals surface area contributed by atoms with Crippen molar-refractivity contribution in [3.05, 3.63) is 90.0 Å². The van der Waals surface area contributed by atoms with E-state index in [4.69, 9.17) is 9.47 Å². The Morgan fingerprint density at radius 1 is 0.864 bits per heavy atom. The molecule has 1 heterocycles. The first-order valence-corrected chi connectivity index (χ1v) is 17.0. The highest BCUT2D eigenvalue weighted by molar-refractivity contribution is 7.92. The fraction of sp³-hybridized carbons (Fsp3) is 0.412. The van der Waals surface area contributed by atoms with Crippen molar-refractivity contribution < 1.29 is 27.5 Å². The SMILES string of the molecule is CCS(=O)(=O)N(CC(=O)N(Cc1ccccc1)C(Cc1ccccc1)C(=O)NC1CCCCC1)c1ccc2c(c1)OCCO2. The first kappa shape index (κ1) is 31.4. The van der Waals surface area contributed by atoms with Crippen molar-refractivity contribution in [1.82, 2.24) is 10.2 Å². The number of carbonyl (C=O) groups excluding carboxylic acids is 2. The highest BCUT2D eigenvalue weighted by Gasteiger charge is 2.35. The van der Waals surface area contributed by atoms with E-state index in [0.717, 1.165) is 47.5 Å². The van der Waals surface area contributed by atoms with Crippen molar-refractivity contribution in [3.63, 3.8) is 0 Å². The highest BCUT2D eigenvalue weighted by Crippen LogP contribution is 2.35. The fourth-order valence-electron chi connectivity index (χ4n) is 5.79. The molecule has 1 atom stereocenters. The normalized spacial score (nSPS) is 15.7. The summed E-state index contributed by atoms with van der Waals surface area (Å²) in [6.07, 6.45) is 5.37. The maximum atomic E-state index is 14.4.